The first-order chi connectivity index (χ1) is 8.63. The fourth-order valence-corrected chi connectivity index (χ4v) is 2.18. The predicted octanol–water partition coefficient (Wildman–Crippen LogP) is 2.69. The van der Waals surface area contributed by atoms with Crippen LogP contribution in [0.2, 0.25) is 0 Å². The fourth-order valence-electron chi connectivity index (χ4n) is 2.18. The van der Waals surface area contributed by atoms with E-state index in [0.717, 1.165) is 19.4 Å². The van der Waals surface area contributed by atoms with Crippen LogP contribution in [0.15, 0.2) is 30.3 Å². The van der Waals surface area contributed by atoms with Crippen molar-refractivity contribution in [1.82, 2.24) is 4.90 Å². The summed E-state index contributed by atoms with van der Waals surface area (Å²) in [7, 11) is 1.69. The molecule has 0 aromatic heterocycles. The molecule has 1 atom stereocenters. The molecule has 1 heterocycles. The van der Waals surface area contributed by atoms with E-state index in [2.05, 4.69) is 0 Å². The third-order valence-corrected chi connectivity index (χ3v) is 3.36. The Hall–Kier alpha value is -1.55. The van der Waals surface area contributed by atoms with E-state index in [1.165, 1.54) is 0 Å². The average molecular weight is 249 g/mol. The number of nitrogens with zero attached hydrogens (tertiary/aromatic N) is 1. The molecule has 98 valence electrons. The van der Waals surface area contributed by atoms with Gasteiger partial charge in [0.25, 0.3) is 0 Å². The zero-order valence-corrected chi connectivity index (χ0v) is 10.9. The molecule has 18 heavy (non-hydrogen) atoms. The maximum absolute atomic E-state index is 12.0. The van der Waals surface area contributed by atoms with Crippen LogP contribution in [0, 0.1) is 0 Å². The number of hydrogen-bond acceptors (Lipinski definition) is 3. The number of amides is 1. The van der Waals surface area contributed by atoms with Gasteiger partial charge in [0.15, 0.2) is 0 Å². The van der Waals surface area contributed by atoms with Gasteiger partial charge in [-0.05, 0) is 31.9 Å². The van der Waals surface area contributed by atoms with E-state index in [4.69, 9.17) is 9.47 Å². The van der Waals surface area contributed by atoms with Crippen molar-refractivity contribution in [1.29, 1.82) is 0 Å². The molecule has 4 nitrogen and oxygen atoms in total. The molecule has 0 saturated carbocycles. The van der Waals surface area contributed by atoms with Gasteiger partial charge in [0.2, 0.25) is 0 Å². The smallest absolute Gasteiger partial charge is 0.410 e. The zero-order chi connectivity index (χ0) is 13.0. The summed E-state index contributed by atoms with van der Waals surface area (Å²) in [4.78, 5) is 13.7. The number of hydrogen-bond donors (Lipinski definition) is 0. The standard InChI is InChI=1S/C14H19NO3/c1-14(17-2)9-6-10-15(11-14)13(16)18-12-7-4-3-5-8-12/h3-5,7-8H,6,9-11H2,1-2H3. The van der Waals surface area contributed by atoms with Crippen molar-refractivity contribution in [2.45, 2.75) is 25.4 Å². The van der Waals surface area contributed by atoms with E-state index in [0.29, 0.717) is 12.3 Å². The van der Waals surface area contributed by atoms with Crippen molar-refractivity contribution in [2.75, 3.05) is 20.2 Å². The molecule has 1 aromatic carbocycles. The van der Waals surface area contributed by atoms with Crippen molar-refractivity contribution < 1.29 is 14.3 Å². The zero-order valence-electron chi connectivity index (χ0n) is 10.9. The molecule has 0 spiro atoms. The van der Waals surface area contributed by atoms with Crippen LogP contribution >= 0.6 is 0 Å². The predicted molar refractivity (Wildman–Crippen MR) is 68.7 cm³/mol. The van der Waals surface area contributed by atoms with Crippen molar-refractivity contribution in [2.24, 2.45) is 0 Å². The number of likely N-dealkylation sites (tertiary alicyclic amines) is 1. The highest BCUT2D eigenvalue weighted by atomic mass is 16.6. The number of para-hydroxylation sites is 1. The molecular weight excluding hydrogens is 230 g/mol. The van der Waals surface area contributed by atoms with Crippen molar-refractivity contribution in [3.05, 3.63) is 30.3 Å². The maximum atomic E-state index is 12.0. The van der Waals surface area contributed by atoms with Gasteiger partial charge < -0.3 is 14.4 Å². The Bertz CT molecular complexity index is 407. The summed E-state index contributed by atoms with van der Waals surface area (Å²) < 4.78 is 10.8. The van der Waals surface area contributed by atoms with Gasteiger partial charge in [-0.25, -0.2) is 4.79 Å². The Labute approximate surface area is 107 Å². The van der Waals surface area contributed by atoms with E-state index >= 15 is 0 Å². The highest BCUT2D eigenvalue weighted by molar-refractivity contribution is 5.70. The van der Waals surface area contributed by atoms with Crippen LogP contribution in [0.1, 0.15) is 19.8 Å². The van der Waals surface area contributed by atoms with Gasteiger partial charge >= 0.3 is 6.09 Å². The van der Waals surface area contributed by atoms with Crippen LogP contribution in [-0.4, -0.2) is 36.8 Å². The minimum atomic E-state index is -0.302. The minimum Gasteiger partial charge on any atom is -0.410 e. The van der Waals surface area contributed by atoms with Crippen LogP contribution in [0.4, 0.5) is 4.79 Å². The van der Waals surface area contributed by atoms with E-state index in [1.54, 1.807) is 24.1 Å². The number of piperidine rings is 1. The Balaban J connectivity index is 1.97. The largest absolute Gasteiger partial charge is 0.415 e. The molecule has 0 bridgehead atoms. The van der Waals surface area contributed by atoms with Gasteiger partial charge in [-0.15, -0.1) is 0 Å². The molecule has 0 radical (unpaired) electrons. The fraction of sp³-hybridized carbons (Fsp3) is 0.500. The van der Waals surface area contributed by atoms with Crippen LogP contribution in [0.25, 0.3) is 0 Å². The molecule has 2 rings (SSSR count). The molecule has 0 aliphatic carbocycles. The Morgan fingerprint density at radius 1 is 1.33 bits per heavy atom. The van der Waals surface area contributed by atoms with Gasteiger partial charge in [0, 0.05) is 13.7 Å². The number of methoxy groups -OCH3 is 1. The SMILES string of the molecule is COC1(C)CCCN(C(=O)Oc2ccccc2)C1. The molecule has 1 aromatic rings. The first-order valence-corrected chi connectivity index (χ1v) is 6.20. The number of carbonyl (C=O) groups is 1. The second kappa shape index (κ2) is 5.40. The summed E-state index contributed by atoms with van der Waals surface area (Å²) in [5, 5.41) is 0. The Morgan fingerprint density at radius 2 is 2.06 bits per heavy atom. The first kappa shape index (κ1) is 12.9. The summed E-state index contributed by atoms with van der Waals surface area (Å²) >= 11 is 0. The molecule has 1 unspecified atom stereocenters. The van der Waals surface area contributed by atoms with Crippen LogP contribution in [-0.2, 0) is 4.74 Å². The lowest BCUT2D eigenvalue weighted by Gasteiger charge is -2.38. The lowest BCUT2D eigenvalue weighted by atomic mass is 9.95. The summed E-state index contributed by atoms with van der Waals surface area (Å²) in [5.74, 6) is 0.576. The topological polar surface area (TPSA) is 38.8 Å². The van der Waals surface area contributed by atoms with E-state index in [-0.39, 0.29) is 11.7 Å². The lowest BCUT2D eigenvalue weighted by Crippen LogP contribution is -2.50. The van der Waals surface area contributed by atoms with Gasteiger partial charge in [-0.3, -0.25) is 0 Å². The number of rotatable bonds is 2. The van der Waals surface area contributed by atoms with Gasteiger partial charge in [0.05, 0.1) is 12.1 Å². The monoisotopic (exact) mass is 249 g/mol. The second-order valence-corrected chi connectivity index (χ2v) is 4.86. The Morgan fingerprint density at radius 3 is 2.72 bits per heavy atom. The second-order valence-electron chi connectivity index (χ2n) is 4.86. The van der Waals surface area contributed by atoms with Crippen LogP contribution < -0.4 is 4.74 Å². The highest BCUT2D eigenvalue weighted by Gasteiger charge is 2.33. The molecule has 1 aliphatic rings. The quantitative estimate of drug-likeness (QED) is 0.809. The minimum absolute atomic E-state index is 0.256. The van der Waals surface area contributed by atoms with Crippen LogP contribution in [0.5, 0.6) is 5.75 Å². The number of benzene rings is 1. The van der Waals surface area contributed by atoms with Crippen LogP contribution in [0.3, 0.4) is 0 Å². The highest BCUT2D eigenvalue weighted by Crippen LogP contribution is 2.24. The molecule has 4 heteroatoms. The molecule has 1 fully saturated rings. The average Bonchev–Trinajstić information content (AvgIpc) is 2.40. The summed E-state index contributed by atoms with van der Waals surface area (Å²) in [6, 6.07) is 9.13. The molecule has 1 amide bonds. The van der Waals surface area contributed by atoms with E-state index in [1.807, 2.05) is 25.1 Å². The molecule has 1 aliphatic heterocycles. The summed E-state index contributed by atoms with van der Waals surface area (Å²) in [6.07, 6.45) is 1.61. The van der Waals surface area contributed by atoms with E-state index in [9.17, 15) is 4.79 Å². The number of ether oxygens (including phenoxy) is 2. The van der Waals surface area contributed by atoms with Crippen molar-refractivity contribution in [3.63, 3.8) is 0 Å². The molecule has 1 saturated heterocycles. The molecular formula is C14H19NO3. The third kappa shape index (κ3) is 3.01. The summed E-state index contributed by atoms with van der Waals surface area (Å²) in [6.45, 7) is 3.33. The Kier molecular flexibility index (Phi) is 3.87. The van der Waals surface area contributed by atoms with Gasteiger partial charge in [-0.2, -0.15) is 0 Å². The number of carbonyl (C=O) groups excluding carboxylic acids is 1. The normalized spacial score (nSPS) is 23.8. The van der Waals surface area contributed by atoms with Crippen molar-refractivity contribution >= 4 is 6.09 Å². The first-order valence-electron chi connectivity index (χ1n) is 6.20. The maximum Gasteiger partial charge on any atom is 0.415 e. The van der Waals surface area contributed by atoms with Crippen molar-refractivity contribution in [3.8, 4) is 5.75 Å². The van der Waals surface area contributed by atoms with Gasteiger partial charge in [-0.1, -0.05) is 18.2 Å². The van der Waals surface area contributed by atoms with E-state index < -0.39 is 0 Å². The van der Waals surface area contributed by atoms with Gasteiger partial charge in [0.1, 0.15) is 5.75 Å². The molecule has 0 N–H and O–H groups in total. The third-order valence-electron chi connectivity index (χ3n) is 3.36. The lowest BCUT2D eigenvalue weighted by molar-refractivity contribution is -0.0441. The summed E-state index contributed by atoms with van der Waals surface area (Å²) in [5.41, 5.74) is -0.256.